The van der Waals surface area contributed by atoms with Crippen molar-refractivity contribution in [2.45, 2.75) is 32.7 Å². The largest absolute Gasteiger partial charge is 0.356 e. The highest BCUT2D eigenvalue weighted by molar-refractivity contribution is 5.95. The molecule has 0 radical (unpaired) electrons. The van der Waals surface area contributed by atoms with E-state index in [-0.39, 0.29) is 11.8 Å². The second-order valence-electron chi connectivity index (χ2n) is 6.34. The van der Waals surface area contributed by atoms with Gasteiger partial charge in [0.15, 0.2) is 0 Å². The Morgan fingerprint density at radius 2 is 1.69 bits per heavy atom. The van der Waals surface area contributed by atoms with Crippen molar-refractivity contribution >= 4 is 17.5 Å². The summed E-state index contributed by atoms with van der Waals surface area (Å²) in [6, 6.07) is 15.7. The minimum atomic E-state index is -0.0378. The maximum absolute atomic E-state index is 12.9. The van der Waals surface area contributed by atoms with Crippen molar-refractivity contribution in [3.8, 4) is 11.8 Å². The van der Waals surface area contributed by atoms with Gasteiger partial charge in [0.05, 0.1) is 12.2 Å². The average Bonchev–Trinajstić information content (AvgIpc) is 2.63. The van der Waals surface area contributed by atoms with Crippen LogP contribution in [0.5, 0.6) is 0 Å². The summed E-state index contributed by atoms with van der Waals surface area (Å²) in [5, 5.41) is 2.76. The molecular formula is C22H22N2O2. The first-order valence-electron chi connectivity index (χ1n) is 8.89. The first kappa shape index (κ1) is 17.8. The summed E-state index contributed by atoms with van der Waals surface area (Å²) in [5.41, 5.74) is 3.75. The van der Waals surface area contributed by atoms with E-state index in [0.29, 0.717) is 19.5 Å². The van der Waals surface area contributed by atoms with Crippen molar-refractivity contribution in [1.29, 1.82) is 0 Å². The summed E-state index contributed by atoms with van der Waals surface area (Å²) in [5.74, 6) is 6.47. The zero-order chi connectivity index (χ0) is 18.4. The third-order valence-corrected chi connectivity index (χ3v) is 4.36. The van der Waals surface area contributed by atoms with Crippen LogP contribution in [0.1, 0.15) is 42.9 Å². The summed E-state index contributed by atoms with van der Waals surface area (Å²) in [6.07, 6.45) is 1.98. The normalized spacial score (nSPS) is 12.0. The molecule has 0 saturated carbocycles. The summed E-state index contributed by atoms with van der Waals surface area (Å²) in [6.45, 7) is 2.63. The standard InChI is InChI=1S/C22H22N2O2/c1-17(25)23-15-7-6-12-22(26)24-16-20-10-3-2-8-18(20)13-14-19-9-4-5-11-21(19)24/h2-5,8-11H,6-7,12,15-16H2,1H3,(H,23,25). The van der Waals surface area contributed by atoms with Gasteiger partial charge in [0.25, 0.3) is 0 Å². The molecule has 0 aromatic heterocycles. The summed E-state index contributed by atoms with van der Waals surface area (Å²) >= 11 is 0. The molecule has 2 aromatic rings. The molecule has 2 aromatic carbocycles. The SMILES string of the molecule is CC(=O)NCCCCC(=O)N1Cc2ccccc2C#Cc2ccccc21. The predicted octanol–water partition coefficient (Wildman–Crippen LogP) is 3.24. The van der Waals surface area contributed by atoms with Crippen molar-refractivity contribution in [2.24, 2.45) is 0 Å². The number of nitrogens with one attached hydrogen (secondary N) is 1. The number of hydrogen-bond donors (Lipinski definition) is 1. The zero-order valence-corrected chi connectivity index (χ0v) is 14.9. The van der Waals surface area contributed by atoms with E-state index >= 15 is 0 Å². The second-order valence-corrected chi connectivity index (χ2v) is 6.34. The van der Waals surface area contributed by atoms with Crippen LogP contribution in [0, 0.1) is 11.8 Å². The van der Waals surface area contributed by atoms with E-state index in [4.69, 9.17) is 0 Å². The molecule has 3 rings (SSSR count). The third kappa shape index (κ3) is 4.31. The molecule has 1 N–H and O–H groups in total. The highest BCUT2D eigenvalue weighted by atomic mass is 16.2. The van der Waals surface area contributed by atoms with Gasteiger partial charge in [-0.1, -0.05) is 42.2 Å². The van der Waals surface area contributed by atoms with E-state index in [1.54, 1.807) is 0 Å². The van der Waals surface area contributed by atoms with Gasteiger partial charge in [0, 0.05) is 31.0 Å². The van der Waals surface area contributed by atoms with Crippen molar-refractivity contribution in [3.63, 3.8) is 0 Å². The van der Waals surface area contributed by atoms with E-state index < -0.39 is 0 Å². The molecule has 0 atom stereocenters. The number of amides is 2. The lowest BCUT2D eigenvalue weighted by Crippen LogP contribution is -2.31. The lowest BCUT2D eigenvalue weighted by molar-refractivity contribution is -0.119. The quantitative estimate of drug-likeness (QED) is 0.667. The summed E-state index contributed by atoms with van der Waals surface area (Å²) in [7, 11) is 0. The minimum Gasteiger partial charge on any atom is -0.356 e. The van der Waals surface area contributed by atoms with E-state index in [1.807, 2.05) is 53.4 Å². The number of unbranched alkanes of at least 4 members (excludes halogenated alkanes) is 1. The number of carbonyl (C=O) groups excluding carboxylic acids is 2. The average molecular weight is 346 g/mol. The van der Waals surface area contributed by atoms with Crippen LogP contribution in [0.25, 0.3) is 0 Å². The first-order valence-corrected chi connectivity index (χ1v) is 8.89. The van der Waals surface area contributed by atoms with Gasteiger partial charge >= 0.3 is 0 Å². The fraction of sp³-hybridized carbons (Fsp3) is 0.273. The summed E-state index contributed by atoms with van der Waals surface area (Å²) < 4.78 is 0. The van der Waals surface area contributed by atoms with Crippen LogP contribution < -0.4 is 10.2 Å². The van der Waals surface area contributed by atoms with Crippen molar-refractivity contribution in [3.05, 3.63) is 65.2 Å². The number of benzene rings is 2. The second kappa shape index (κ2) is 8.35. The highest BCUT2D eigenvalue weighted by Crippen LogP contribution is 2.26. The van der Waals surface area contributed by atoms with Crippen LogP contribution >= 0.6 is 0 Å². The number of carbonyl (C=O) groups is 2. The highest BCUT2D eigenvalue weighted by Gasteiger charge is 2.20. The lowest BCUT2D eigenvalue weighted by atomic mass is 10.0. The molecule has 0 aliphatic carbocycles. The minimum absolute atomic E-state index is 0.0378. The van der Waals surface area contributed by atoms with Crippen LogP contribution in [0.4, 0.5) is 5.69 Å². The van der Waals surface area contributed by atoms with Crippen molar-refractivity contribution < 1.29 is 9.59 Å². The number of anilines is 1. The van der Waals surface area contributed by atoms with E-state index in [9.17, 15) is 9.59 Å². The topological polar surface area (TPSA) is 49.4 Å². The van der Waals surface area contributed by atoms with Gasteiger partial charge in [0.1, 0.15) is 0 Å². The predicted molar refractivity (Wildman–Crippen MR) is 103 cm³/mol. The van der Waals surface area contributed by atoms with Gasteiger partial charge in [-0.05, 0) is 36.6 Å². The van der Waals surface area contributed by atoms with Gasteiger partial charge < -0.3 is 10.2 Å². The van der Waals surface area contributed by atoms with Gasteiger partial charge in [-0.25, -0.2) is 0 Å². The molecule has 1 aliphatic rings. The molecule has 2 amide bonds. The van der Waals surface area contributed by atoms with Gasteiger partial charge in [-0.15, -0.1) is 0 Å². The van der Waals surface area contributed by atoms with E-state index in [2.05, 4.69) is 17.2 Å². The molecule has 1 heterocycles. The van der Waals surface area contributed by atoms with Crippen LogP contribution in [0.3, 0.4) is 0 Å². The number of hydrogen-bond acceptors (Lipinski definition) is 2. The maximum Gasteiger partial charge on any atom is 0.227 e. The Kier molecular flexibility index (Phi) is 5.70. The Balaban J connectivity index is 1.79. The van der Waals surface area contributed by atoms with E-state index in [1.165, 1.54) is 6.92 Å². The van der Waals surface area contributed by atoms with Crippen LogP contribution in [-0.4, -0.2) is 18.4 Å². The lowest BCUT2D eigenvalue weighted by Gasteiger charge is -2.26. The van der Waals surface area contributed by atoms with E-state index in [0.717, 1.165) is 35.2 Å². The first-order chi connectivity index (χ1) is 12.6. The monoisotopic (exact) mass is 346 g/mol. The van der Waals surface area contributed by atoms with Crippen LogP contribution in [-0.2, 0) is 16.1 Å². The van der Waals surface area contributed by atoms with Gasteiger partial charge in [0.2, 0.25) is 11.8 Å². The van der Waals surface area contributed by atoms with Gasteiger partial charge in [-0.3, -0.25) is 9.59 Å². The zero-order valence-electron chi connectivity index (χ0n) is 14.9. The Morgan fingerprint density at radius 1 is 1.00 bits per heavy atom. The molecular weight excluding hydrogens is 324 g/mol. The van der Waals surface area contributed by atoms with Crippen molar-refractivity contribution in [1.82, 2.24) is 5.32 Å². The molecule has 132 valence electrons. The number of fused-ring (bicyclic) bond motifs is 2. The molecule has 4 nitrogen and oxygen atoms in total. The molecule has 0 saturated heterocycles. The van der Waals surface area contributed by atoms with Crippen LogP contribution in [0.15, 0.2) is 48.5 Å². The molecule has 4 heteroatoms. The molecule has 26 heavy (non-hydrogen) atoms. The Bertz CT molecular complexity index is 877. The van der Waals surface area contributed by atoms with Crippen molar-refractivity contribution in [2.75, 3.05) is 11.4 Å². The van der Waals surface area contributed by atoms with Crippen LogP contribution in [0.2, 0.25) is 0 Å². The number of nitrogens with zero attached hydrogens (tertiary/aromatic N) is 1. The smallest absolute Gasteiger partial charge is 0.227 e. The number of para-hydroxylation sites is 1. The molecule has 0 bridgehead atoms. The van der Waals surface area contributed by atoms with Gasteiger partial charge in [-0.2, -0.15) is 0 Å². The fourth-order valence-corrected chi connectivity index (χ4v) is 3.01. The Hall–Kier alpha value is -3.06. The maximum atomic E-state index is 12.9. The number of rotatable bonds is 5. The third-order valence-electron chi connectivity index (χ3n) is 4.36. The Morgan fingerprint density at radius 3 is 2.50 bits per heavy atom. The molecule has 1 aliphatic heterocycles. The Labute approximate surface area is 154 Å². The molecule has 0 spiro atoms. The summed E-state index contributed by atoms with van der Waals surface area (Å²) in [4.78, 5) is 25.7. The molecule has 0 fully saturated rings. The molecule has 0 unspecified atom stereocenters. The fourth-order valence-electron chi connectivity index (χ4n) is 3.01.